The van der Waals surface area contributed by atoms with E-state index in [4.69, 9.17) is 11.1 Å². The predicted molar refractivity (Wildman–Crippen MR) is 105 cm³/mol. The molecule has 0 radical (unpaired) electrons. The molecule has 3 aliphatic rings. The number of rotatable bonds is 3. The van der Waals surface area contributed by atoms with Crippen LogP contribution in [0, 0.1) is 34.0 Å². The summed E-state index contributed by atoms with van der Waals surface area (Å²) in [6, 6.07) is 0. The van der Waals surface area contributed by atoms with Crippen LogP contribution in [0.4, 0.5) is 0 Å². The Kier molecular flexibility index (Phi) is 6.16. The number of nitrogens with one attached hydrogen (secondary N) is 1. The van der Waals surface area contributed by atoms with Crippen molar-refractivity contribution in [2.45, 2.75) is 58.8 Å². The largest absolute Gasteiger partial charge is 0.402 e. The van der Waals surface area contributed by atoms with Crippen LogP contribution in [0.25, 0.3) is 0 Å². The second kappa shape index (κ2) is 7.63. The third kappa shape index (κ3) is 3.31. The average molecular weight is 348 g/mol. The van der Waals surface area contributed by atoms with Crippen molar-refractivity contribution in [3.63, 3.8) is 0 Å². The maximum atomic E-state index is 9.96. The van der Waals surface area contributed by atoms with Gasteiger partial charge in [0.2, 0.25) is 0 Å². The van der Waals surface area contributed by atoms with Crippen LogP contribution in [-0.2, 0) is 0 Å². The molecule has 0 spiro atoms. The average Bonchev–Trinajstić information content (AvgIpc) is 2.92. The minimum absolute atomic E-state index is 0.0652. The number of allylic oxidation sites excluding steroid dienone is 3. The lowest BCUT2D eigenvalue weighted by Gasteiger charge is -2.52. The Morgan fingerprint density at radius 1 is 1.28 bits per heavy atom. The van der Waals surface area contributed by atoms with Crippen molar-refractivity contribution in [1.29, 1.82) is 5.41 Å². The predicted octanol–water partition coefficient (Wildman–Crippen LogP) is 3.60. The number of aliphatic hydroxyl groups excluding tert-OH is 1. The van der Waals surface area contributed by atoms with Gasteiger partial charge in [0.1, 0.15) is 0 Å². The topological polar surface area (TPSA) is 96.1 Å². The molecule has 0 amide bonds. The van der Waals surface area contributed by atoms with Gasteiger partial charge in [0.15, 0.2) is 0 Å². The lowest BCUT2D eigenvalue weighted by atomic mass is 9.53. The van der Waals surface area contributed by atoms with E-state index >= 15 is 0 Å². The fourth-order valence-electron chi connectivity index (χ4n) is 5.73. The van der Waals surface area contributed by atoms with Gasteiger partial charge in [-0.1, -0.05) is 26.0 Å². The van der Waals surface area contributed by atoms with Gasteiger partial charge < -0.3 is 22.0 Å². The molecule has 3 rings (SSSR count). The molecule has 6 N–H and O–H groups in total. The van der Waals surface area contributed by atoms with Crippen LogP contribution in [0.3, 0.4) is 0 Å². The van der Waals surface area contributed by atoms with Crippen LogP contribution < -0.4 is 11.5 Å². The van der Waals surface area contributed by atoms with Gasteiger partial charge in [-0.3, -0.25) is 0 Å². The van der Waals surface area contributed by atoms with Crippen LogP contribution in [0.1, 0.15) is 58.8 Å². The van der Waals surface area contributed by atoms with E-state index in [0.29, 0.717) is 11.3 Å². The van der Waals surface area contributed by atoms with Crippen molar-refractivity contribution in [1.82, 2.24) is 0 Å². The molecule has 0 heterocycles. The summed E-state index contributed by atoms with van der Waals surface area (Å²) in [5.74, 6) is 1.59. The summed E-state index contributed by atoms with van der Waals surface area (Å²) in [6.07, 6.45) is 9.18. The highest BCUT2D eigenvalue weighted by molar-refractivity contribution is 5.77. The highest BCUT2D eigenvalue weighted by atomic mass is 16.3. The van der Waals surface area contributed by atoms with E-state index in [9.17, 15) is 5.11 Å². The molecule has 5 atom stereocenters. The maximum absolute atomic E-state index is 9.96. The minimum Gasteiger partial charge on any atom is -0.402 e. The molecule has 0 saturated heterocycles. The Morgan fingerprint density at radius 3 is 2.56 bits per heavy atom. The maximum Gasteiger partial charge on any atom is 0.0468 e. The minimum atomic E-state index is 0.0652. The number of nitrogens with two attached hydrogens (primary N) is 2. The van der Waals surface area contributed by atoms with Crippen molar-refractivity contribution in [2.75, 3.05) is 13.7 Å². The Morgan fingerprint density at radius 2 is 1.96 bits per heavy atom. The van der Waals surface area contributed by atoms with Crippen molar-refractivity contribution >= 4 is 6.21 Å². The Hall–Kier alpha value is -1.13. The fraction of sp³-hybridized carbons (Fsp3) is 0.762. The van der Waals surface area contributed by atoms with E-state index in [0.717, 1.165) is 30.0 Å². The fourth-order valence-corrected chi connectivity index (χ4v) is 5.73. The lowest BCUT2D eigenvalue weighted by Crippen LogP contribution is -2.45. The molecule has 4 nitrogen and oxygen atoms in total. The normalized spacial score (nSPS) is 41.0. The second-order valence-electron chi connectivity index (χ2n) is 8.69. The molecule has 0 aromatic heterocycles. The highest BCUT2D eigenvalue weighted by Gasteiger charge is 2.51. The number of hydrogen-bond donors (Lipinski definition) is 4. The van der Waals surface area contributed by atoms with Gasteiger partial charge in [-0.15, -0.1) is 0 Å². The van der Waals surface area contributed by atoms with E-state index in [2.05, 4.69) is 26.2 Å². The van der Waals surface area contributed by atoms with Crippen molar-refractivity contribution in [2.24, 2.45) is 40.1 Å². The summed E-state index contributed by atoms with van der Waals surface area (Å²) >= 11 is 0. The molecule has 3 aliphatic carbocycles. The van der Waals surface area contributed by atoms with Gasteiger partial charge in [0.05, 0.1) is 0 Å². The summed E-state index contributed by atoms with van der Waals surface area (Å²) in [4.78, 5) is 0. The second-order valence-corrected chi connectivity index (χ2v) is 8.69. The first-order valence-electron chi connectivity index (χ1n) is 9.70. The zero-order chi connectivity index (χ0) is 18.8. The van der Waals surface area contributed by atoms with Crippen LogP contribution in [-0.4, -0.2) is 25.0 Å². The molecule has 0 bridgehead atoms. The summed E-state index contributed by atoms with van der Waals surface area (Å²) in [7, 11) is 1.50. The van der Waals surface area contributed by atoms with Gasteiger partial charge in [-0.2, -0.15) is 0 Å². The Balaban J connectivity index is 0.00000109. The lowest BCUT2D eigenvalue weighted by molar-refractivity contribution is -0.0113. The zero-order valence-corrected chi connectivity index (χ0v) is 16.3. The standard InChI is InChI=1S/C20H32N2O.CH5N/c1-13-4-5-15-8-16(6-7-19(13,15)2)20(3)10-14(11-21)18(22)9-17(20)12-23;1-2/h11,15-17,21,23H,1,4-10,12,22H2,2-3H3;2H2,1H3. The first kappa shape index (κ1) is 20.2. The Labute approximate surface area is 153 Å². The quantitative estimate of drug-likeness (QED) is 0.464. The molecule has 5 unspecified atom stereocenters. The van der Waals surface area contributed by atoms with E-state index in [1.54, 1.807) is 0 Å². The number of hydrogen-bond acceptors (Lipinski definition) is 4. The van der Waals surface area contributed by atoms with E-state index < -0.39 is 0 Å². The number of fused-ring (bicyclic) bond motifs is 1. The van der Waals surface area contributed by atoms with E-state index in [1.807, 2.05) is 0 Å². The molecular formula is C21H37N3O. The molecular weight excluding hydrogens is 310 g/mol. The third-order valence-corrected chi connectivity index (χ3v) is 7.79. The number of aliphatic hydroxyl groups is 1. The Bertz CT molecular complexity index is 555. The first-order chi connectivity index (χ1) is 11.8. The molecule has 25 heavy (non-hydrogen) atoms. The van der Waals surface area contributed by atoms with Gasteiger partial charge in [-0.25, -0.2) is 0 Å². The van der Waals surface area contributed by atoms with Crippen LogP contribution >= 0.6 is 0 Å². The molecule has 2 fully saturated rings. The van der Waals surface area contributed by atoms with Crippen LogP contribution in [0.15, 0.2) is 23.4 Å². The molecule has 0 aliphatic heterocycles. The van der Waals surface area contributed by atoms with E-state index in [1.165, 1.54) is 50.9 Å². The van der Waals surface area contributed by atoms with Gasteiger partial charge in [0.25, 0.3) is 0 Å². The van der Waals surface area contributed by atoms with Gasteiger partial charge in [0, 0.05) is 18.5 Å². The molecule has 4 heteroatoms. The van der Waals surface area contributed by atoms with Crippen molar-refractivity contribution in [3.8, 4) is 0 Å². The molecule has 2 saturated carbocycles. The van der Waals surface area contributed by atoms with Crippen molar-refractivity contribution in [3.05, 3.63) is 23.4 Å². The first-order valence-corrected chi connectivity index (χ1v) is 9.70. The summed E-state index contributed by atoms with van der Waals surface area (Å²) in [5.41, 5.74) is 14.3. The summed E-state index contributed by atoms with van der Waals surface area (Å²) in [5, 5.41) is 17.6. The molecule has 142 valence electrons. The third-order valence-electron chi connectivity index (χ3n) is 7.79. The van der Waals surface area contributed by atoms with Crippen molar-refractivity contribution < 1.29 is 5.11 Å². The molecule has 0 aromatic rings. The van der Waals surface area contributed by atoms with Gasteiger partial charge >= 0.3 is 0 Å². The smallest absolute Gasteiger partial charge is 0.0468 e. The SMILES string of the molecule is C=C1CCC2CC(C3(C)CC(C=N)=C(N)CC3CO)CCC12C.CN. The summed E-state index contributed by atoms with van der Waals surface area (Å²) < 4.78 is 0. The van der Waals surface area contributed by atoms with Gasteiger partial charge in [-0.05, 0) is 86.2 Å². The van der Waals surface area contributed by atoms with Crippen LogP contribution in [0.2, 0.25) is 0 Å². The van der Waals surface area contributed by atoms with E-state index in [-0.39, 0.29) is 17.9 Å². The summed E-state index contributed by atoms with van der Waals surface area (Å²) in [6.45, 7) is 9.29. The molecule has 0 aromatic carbocycles. The van der Waals surface area contributed by atoms with Crippen LogP contribution in [0.5, 0.6) is 0 Å². The monoisotopic (exact) mass is 347 g/mol. The zero-order valence-electron chi connectivity index (χ0n) is 16.3. The highest BCUT2D eigenvalue weighted by Crippen LogP contribution is 2.61.